The minimum absolute atomic E-state index is 0.248. The Bertz CT molecular complexity index is 439. The number of aromatic nitrogens is 2. The predicted octanol–water partition coefficient (Wildman–Crippen LogP) is 2.43. The first kappa shape index (κ1) is 16.9. The van der Waals surface area contributed by atoms with E-state index in [2.05, 4.69) is 41.4 Å². The van der Waals surface area contributed by atoms with E-state index in [9.17, 15) is 4.21 Å². The van der Waals surface area contributed by atoms with Gasteiger partial charge in [0.05, 0.1) is 0 Å². The molecule has 0 aliphatic rings. The minimum Gasteiger partial charge on any atom is -0.370 e. The smallest absolute Gasteiger partial charge is 0.134 e. The summed E-state index contributed by atoms with van der Waals surface area (Å²) in [5.41, 5.74) is 1.12. The van der Waals surface area contributed by atoms with Crippen LogP contribution in [0.15, 0.2) is 6.33 Å². The summed E-state index contributed by atoms with van der Waals surface area (Å²) < 4.78 is 11.1. The molecule has 0 spiro atoms. The zero-order valence-corrected chi connectivity index (χ0v) is 13.7. The lowest BCUT2D eigenvalue weighted by atomic mass is 10.2. The summed E-state index contributed by atoms with van der Waals surface area (Å²) >= 11 is 0. The monoisotopic (exact) mass is 298 g/mol. The van der Waals surface area contributed by atoms with Crippen molar-refractivity contribution >= 4 is 22.4 Å². The van der Waals surface area contributed by atoms with Crippen LogP contribution in [0.3, 0.4) is 0 Å². The largest absolute Gasteiger partial charge is 0.370 e. The summed E-state index contributed by atoms with van der Waals surface area (Å²) in [6.07, 6.45) is 6.14. The molecule has 114 valence electrons. The molecule has 0 bridgehead atoms. The van der Waals surface area contributed by atoms with Gasteiger partial charge in [0.25, 0.3) is 0 Å². The van der Waals surface area contributed by atoms with Crippen LogP contribution in [0.25, 0.3) is 0 Å². The maximum atomic E-state index is 11.1. The van der Waals surface area contributed by atoms with E-state index >= 15 is 0 Å². The number of nitrogens with zero attached hydrogens (tertiary/aromatic N) is 2. The molecular formula is C14H26N4OS. The summed E-state index contributed by atoms with van der Waals surface area (Å²) in [5.74, 6) is 2.51. The molecule has 5 nitrogen and oxygen atoms in total. The van der Waals surface area contributed by atoms with E-state index in [-0.39, 0.29) is 6.04 Å². The fraction of sp³-hybridized carbons (Fsp3) is 0.714. The van der Waals surface area contributed by atoms with E-state index in [4.69, 9.17) is 0 Å². The summed E-state index contributed by atoms with van der Waals surface area (Å²) in [4.78, 5) is 8.67. The second-order valence-electron chi connectivity index (χ2n) is 4.94. The molecule has 2 atom stereocenters. The highest BCUT2D eigenvalue weighted by atomic mass is 32.2. The maximum absolute atomic E-state index is 11.1. The van der Waals surface area contributed by atoms with Gasteiger partial charge in [0.15, 0.2) is 0 Å². The van der Waals surface area contributed by atoms with Crippen LogP contribution in [0.5, 0.6) is 0 Å². The molecule has 0 saturated heterocycles. The van der Waals surface area contributed by atoms with Crippen LogP contribution in [-0.4, -0.2) is 38.8 Å². The topological polar surface area (TPSA) is 66.9 Å². The molecule has 1 aromatic heterocycles. The average molecular weight is 298 g/mol. The molecule has 0 radical (unpaired) electrons. The Kier molecular flexibility index (Phi) is 7.51. The van der Waals surface area contributed by atoms with Crippen LogP contribution < -0.4 is 10.6 Å². The molecule has 0 aliphatic heterocycles. The van der Waals surface area contributed by atoms with Crippen LogP contribution >= 0.6 is 0 Å². The van der Waals surface area contributed by atoms with Crippen LogP contribution in [0.4, 0.5) is 11.6 Å². The minimum atomic E-state index is -0.745. The molecule has 1 heterocycles. The Balaban J connectivity index is 2.75. The van der Waals surface area contributed by atoms with Gasteiger partial charge in [0.1, 0.15) is 18.0 Å². The van der Waals surface area contributed by atoms with Crippen molar-refractivity contribution in [2.45, 2.75) is 46.1 Å². The summed E-state index contributed by atoms with van der Waals surface area (Å²) in [5, 5.41) is 6.75. The molecular weight excluding hydrogens is 272 g/mol. The van der Waals surface area contributed by atoms with Crippen molar-refractivity contribution < 1.29 is 4.21 Å². The Hall–Kier alpha value is -1.17. The van der Waals surface area contributed by atoms with Gasteiger partial charge in [-0.05, 0) is 26.2 Å². The Labute approximate surface area is 124 Å². The van der Waals surface area contributed by atoms with E-state index < -0.39 is 10.8 Å². The molecule has 0 fully saturated rings. The first-order valence-corrected chi connectivity index (χ1v) is 8.95. The second-order valence-corrected chi connectivity index (χ2v) is 6.50. The molecule has 0 aliphatic carbocycles. The van der Waals surface area contributed by atoms with E-state index in [1.807, 2.05) is 0 Å². The molecule has 1 aromatic rings. The molecule has 0 amide bonds. The SMILES string of the molecule is CCCNc1ncnc(NC(C)CCS(C)=O)c1CC. The summed E-state index contributed by atoms with van der Waals surface area (Å²) in [6.45, 7) is 7.24. The highest BCUT2D eigenvalue weighted by Gasteiger charge is 2.12. The quantitative estimate of drug-likeness (QED) is 0.733. The Morgan fingerprint density at radius 1 is 1.30 bits per heavy atom. The first-order valence-electron chi connectivity index (χ1n) is 7.22. The van der Waals surface area contributed by atoms with Crippen molar-refractivity contribution in [2.24, 2.45) is 0 Å². The molecule has 2 unspecified atom stereocenters. The van der Waals surface area contributed by atoms with E-state index in [1.165, 1.54) is 0 Å². The van der Waals surface area contributed by atoms with Crippen LogP contribution in [0, 0.1) is 0 Å². The maximum Gasteiger partial charge on any atom is 0.134 e. The molecule has 0 aromatic carbocycles. The van der Waals surface area contributed by atoms with Gasteiger partial charge in [-0.2, -0.15) is 0 Å². The van der Waals surface area contributed by atoms with Crippen LogP contribution in [-0.2, 0) is 17.2 Å². The van der Waals surface area contributed by atoms with Crippen molar-refractivity contribution in [3.63, 3.8) is 0 Å². The number of nitrogens with one attached hydrogen (secondary N) is 2. The van der Waals surface area contributed by atoms with Gasteiger partial charge in [-0.25, -0.2) is 9.97 Å². The zero-order valence-electron chi connectivity index (χ0n) is 12.9. The van der Waals surface area contributed by atoms with Crippen molar-refractivity contribution in [3.05, 3.63) is 11.9 Å². The van der Waals surface area contributed by atoms with E-state index in [0.717, 1.165) is 43.0 Å². The van der Waals surface area contributed by atoms with Gasteiger partial charge in [-0.1, -0.05) is 13.8 Å². The molecule has 20 heavy (non-hydrogen) atoms. The third-order valence-corrected chi connectivity index (χ3v) is 3.87. The molecule has 6 heteroatoms. The Morgan fingerprint density at radius 2 is 2.00 bits per heavy atom. The fourth-order valence-corrected chi connectivity index (χ4v) is 2.60. The first-order chi connectivity index (χ1) is 9.58. The molecule has 1 rings (SSSR count). The van der Waals surface area contributed by atoms with Gasteiger partial charge < -0.3 is 10.6 Å². The van der Waals surface area contributed by atoms with Gasteiger partial charge >= 0.3 is 0 Å². The zero-order chi connectivity index (χ0) is 15.0. The van der Waals surface area contributed by atoms with Crippen LogP contribution in [0.2, 0.25) is 0 Å². The van der Waals surface area contributed by atoms with Crippen molar-refractivity contribution in [3.8, 4) is 0 Å². The Morgan fingerprint density at radius 3 is 2.60 bits per heavy atom. The standard InChI is InChI=1S/C14H26N4OS/c1-5-8-15-13-12(6-2)14(17-10-16-13)18-11(3)7-9-20(4)19/h10-11H,5-9H2,1-4H3,(H2,15,16,17,18). The average Bonchev–Trinajstić information content (AvgIpc) is 2.43. The van der Waals surface area contributed by atoms with Gasteiger partial charge in [0.2, 0.25) is 0 Å². The lowest BCUT2D eigenvalue weighted by Gasteiger charge is -2.18. The van der Waals surface area contributed by atoms with Crippen molar-refractivity contribution in [1.29, 1.82) is 0 Å². The predicted molar refractivity (Wildman–Crippen MR) is 86.8 cm³/mol. The third-order valence-electron chi connectivity index (χ3n) is 3.06. The second kappa shape index (κ2) is 8.89. The highest BCUT2D eigenvalue weighted by Crippen LogP contribution is 2.21. The number of anilines is 2. The normalized spacial score (nSPS) is 13.8. The third kappa shape index (κ3) is 5.45. The lowest BCUT2D eigenvalue weighted by Crippen LogP contribution is -2.20. The lowest BCUT2D eigenvalue weighted by molar-refractivity contribution is 0.678. The number of hydrogen-bond acceptors (Lipinski definition) is 5. The van der Waals surface area contributed by atoms with E-state index in [1.54, 1.807) is 12.6 Å². The fourth-order valence-electron chi connectivity index (χ4n) is 1.92. The summed E-state index contributed by atoms with van der Waals surface area (Å²) in [7, 11) is -0.745. The van der Waals surface area contributed by atoms with Gasteiger partial charge in [0, 0.05) is 41.0 Å². The number of rotatable bonds is 9. The van der Waals surface area contributed by atoms with Gasteiger partial charge in [-0.15, -0.1) is 0 Å². The number of hydrogen-bond donors (Lipinski definition) is 2. The molecule has 2 N–H and O–H groups in total. The summed E-state index contributed by atoms with van der Waals surface area (Å²) in [6, 6.07) is 0.248. The van der Waals surface area contributed by atoms with Crippen LogP contribution in [0.1, 0.15) is 39.2 Å². The van der Waals surface area contributed by atoms with Gasteiger partial charge in [-0.3, -0.25) is 4.21 Å². The van der Waals surface area contributed by atoms with Crippen molar-refractivity contribution in [1.82, 2.24) is 9.97 Å². The van der Waals surface area contributed by atoms with E-state index in [0.29, 0.717) is 5.75 Å². The molecule has 0 saturated carbocycles. The van der Waals surface area contributed by atoms with Crippen molar-refractivity contribution in [2.75, 3.05) is 29.2 Å². The highest BCUT2D eigenvalue weighted by molar-refractivity contribution is 7.84.